The van der Waals surface area contributed by atoms with Crippen LogP contribution in [-0.2, 0) is 6.54 Å². The summed E-state index contributed by atoms with van der Waals surface area (Å²) in [5, 5.41) is 3.74. The Kier molecular flexibility index (Phi) is 5.55. The van der Waals surface area contributed by atoms with Crippen LogP contribution in [-0.4, -0.2) is 35.1 Å². The van der Waals surface area contributed by atoms with E-state index < -0.39 is 0 Å². The fourth-order valence-corrected chi connectivity index (χ4v) is 3.03. The molecule has 1 aliphatic heterocycles. The second kappa shape index (κ2) is 7.19. The van der Waals surface area contributed by atoms with Gasteiger partial charge in [0.25, 0.3) is 0 Å². The minimum absolute atomic E-state index is 0.625. The molecule has 1 aromatic heterocycles. The summed E-state index contributed by atoms with van der Waals surface area (Å²) in [6.07, 6.45) is 6.37. The summed E-state index contributed by atoms with van der Waals surface area (Å²) in [7, 11) is 0. The highest BCUT2D eigenvalue weighted by atomic mass is 15.2. The van der Waals surface area contributed by atoms with Crippen LogP contribution >= 0.6 is 0 Å². The van der Waals surface area contributed by atoms with Gasteiger partial charge in [-0.25, -0.2) is 0 Å². The fraction of sp³-hybridized carbons (Fsp3) is 0.706. The summed E-state index contributed by atoms with van der Waals surface area (Å²) >= 11 is 0. The van der Waals surface area contributed by atoms with Crippen molar-refractivity contribution in [2.24, 2.45) is 5.92 Å². The highest BCUT2D eigenvalue weighted by molar-refractivity contribution is 5.21. The van der Waals surface area contributed by atoms with Crippen molar-refractivity contribution in [1.29, 1.82) is 0 Å². The standard InChI is InChI=1S/C17H29N3/c1-5-13(3)17-12-20(16(6-2)10-19-17)11-15-9-18-8-7-14(15)4/h7-9,13,16-17,19H,5-6,10-12H2,1-4H3. The molecule has 20 heavy (non-hydrogen) atoms. The maximum absolute atomic E-state index is 4.29. The van der Waals surface area contributed by atoms with Crippen LogP contribution in [0.1, 0.15) is 44.7 Å². The third-order valence-corrected chi connectivity index (χ3v) is 4.89. The van der Waals surface area contributed by atoms with Crippen LogP contribution in [0, 0.1) is 12.8 Å². The number of aryl methyl sites for hydroxylation is 1. The van der Waals surface area contributed by atoms with Crippen molar-refractivity contribution in [2.75, 3.05) is 13.1 Å². The van der Waals surface area contributed by atoms with E-state index in [0.29, 0.717) is 12.1 Å². The van der Waals surface area contributed by atoms with E-state index in [-0.39, 0.29) is 0 Å². The topological polar surface area (TPSA) is 28.2 Å². The van der Waals surface area contributed by atoms with Crippen molar-refractivity contribution < 1.29 is 0 Å². The Morgan fingerprint density at radius 3 is 2.90 bits per heavy atom. The lowest BCUT2D eigenvalue weighted by atomic mass is 9.94. The van der Waals surface area contributed by atoms with E-state index in [9.17, 15) is 0 Å². The minimum atomic E-state index is 0.625. The van der Waals surface area contributed by atoms with Gasteiger partial charge < -0.3 is 5.32 Å². The molecule has 3 heteroatoms. The molecule has 0 aromatic carbocycles. The first-order valence-electron chi connectivity index (χ1n) is 8.02. The number of hydrogen-bond acceptors (Lipinski definition) is 3. The van der Waals surface area contributed by atoms with Gasteiger partial charge in [0, 0.05) is 44.1 Å². The summed E-state index contributed by atoms with van der Waals surface area (Å²) < 4.78 is 0. The van der Waals surface area contributed by atoms with E-state index in [0.717, 1.165) is 25.6 Å². The molecule has 3 atom stereocenters. The molecule has 2 rings (SSSR count). The van der Waals surface area contributed by atoms with Crippen molar-refractivity contribution in [3.63, 3.8) is 0 Å². The first-order chi connectivity index (χ1) is 9.65. The Morgan fingerprint density at radius 2 is 2.25 bits per heavy atom. The zero-order valence-corrected chi connectivity index (χ0v) is 13.4. The number of hydrogen-bond donors (Lipinski definition) is 1. The summed E-state index contributed by atoms with van der Waals surface area (Å²) in [4.78, 5) is 6.94. The van der Waals surface area contributed by atoms with Crippen LogP contribution < -0.4 is 5.32 Å². The van der Waals surface area contributed by atoms with E-state index in [2.05, 4.69) is 49.0 Å². The predicted molar refractivity (Wildman–Crippen MR) is 84.7 cm³/mol. The van der Waals surface area contributed by atoms with Gasteiger partial charge in [0.05, 0.1) is 0 Å². The van der Waals surface area contributed by atoms with E-state index in [4.69, 9.17) is 0 Å². The number of nitrogens with one attached hydrogen (secondary N) is 1. The van der Waals surface area contributed by atoms with Gasteiger partial charge in [0.2, 0.25) is 0 Å². The molecule has 1 aromatic rings. The molecule has 0 amide bonds. The highest BCUT2D eigenvalue weighted by Gasteiger charge is 2.29. The molecular weight excluding hydrogens is 246 g/mol. The maximum atomic E-state index is 4.29. The number of rotatable bonds is 5. The first-order valence-corrected chi connectivity index (χ1v) is 8.02. The molecule has 0 spiro atoms. The Hall–Kier alpha value is -0.930. The van der Waals surface area contributed by atoms with E-state index in [1.165, 1.54) is 24.0 Å². The highest BCUT2D eigenvalue weighted by Crippen LogP contribution is 2.20. The van der Waals surface area contributed by atoms with Gasteiger partial charge in [-0.15, -0.1) is 0 Å². The largest absolute Gasteiger partial charge is 0.311 e. The number of nitrogens with zero attached hydrogens (tertiary/aromatic N) is 2. The van der Waals surface area contributed by atoms with Crippen LogP contribution in [0.25, 0.3) is 0 Å². The van der Waals surface area contributed by atoms with Crippen molar-refractivity contribution in [2.45, 2.75) is 59.2 Å². The van der Waals surface area contributed by atoms with Gasteiger partial charge in [-0.1, -0.05) is 27.2 Å². The Morgan fingerprint density at radius 1 is 1.45 bits per heavy atom. The van der Waals surface area contributed by atoms with Gasteiger partial charge in [-0.3, -0.25) is 9.88 Å². The predicted octanol–water partition coefficient (Wildman–Crippen LogP) is 2.99. The molecule has 0 aliphatic carbocycles. The van der Waals surface area contributed by atoms with Crippen LogP contribution in [0.3, 0.4) is 0 Å². The molecule has 1 saturated heterocycles. The molecule has 1 aliphatic rings. The lowest BCUT2D eigenvalue weighted by Gasteiger charge is -2.42. The second-order valence-corrected chi connectivity index (χ2v) is 6.19. The monoisotopic (exact) mass is 275 g/mol. The van der Waals surface area contributed by atoms with Gasteiger partial charge in [-0.2, -0.15) is 0 Å². The first kappa shape index (κ1) is 15.5. The zero-order valence-electron chi connectivity index (χ0n) is 13.4. The van der Waals surface area contributed by atoms with E-state index in [1.807, 2.05) is 12.4 Å². The normalized spacial score (nSPS) is 25.6. The van der Waals surface area contributed by atoms with Gasteiger partial charge >= 0.3 is 0 Å². The summed E-state index contributed by atoms with van der Waals surface area (Å²) in [6, 6.07) is 3.39. The SMILES string of the molecule is CCC(C)C1CN(Cc2cnccc2C)C(CC)CN1. The van der Waals surface area contributed by atoms with E-state index in [1.54, 1.807) is 0 Å². The molecule has 0 saturated carbocycles. The third-order valence-electron chi connectivity index (χ3n) is 4.89. The molecular formula is C17H29N3. The van der Waals surface area contributed by atoms with Crippen molar-refractivity contribution in [3.8, 4) is 0 Å². The van der Waals surface area contributed by atoms with Gasteiger partial charge in [0.1, 0.15) is 0 Å². The Bertz CT molecular complexity index is 418. The third kappa shape index (κ3) is 3.58. The molecule has 3 unspecified atom stereocenters. The average molecular weight is 275 g/mol. The van der Waals surface area contributed by atoms with Gasteiger partial charge in [-0.05, 0) is 36.5 Å². The van der Waals surface area contributed by atoms with Crippen LogP contribution in [0.15, 0.2) is 18.5 Å². The average Bonchev–Trinajstić information content (AvgIpc) is 2.48. The van der Waals surface area contributed by atoms with Crippen LogP contribution in [0.4, 0.5) is 0 Å². The maximum Gasteiger partial charge on any atom is 0.0315 e. The second-order valence-electron chi connectivity index (χ2n) is 6.19. The number of piperazine rings is 1. The van der Waals surface area contributed by atoms with Crippen molar-refractivity contribution >= 4 is 0 Å². The fourth-order valence-electron chi connectivity index (χ4n) is 3.03. The summed E-state index contributed by atoms with van der Waals surface area (Å²) in [5.41, 5.74) is 2.73. The van der Waals surface area contributed by atoms with Gasteiger partial charge in [0.15, 0.2) is 0 Å². The molecule has 3 nitrogen and oxygen atoms in total. The molecule has 1 fully saturated rings. The molecule has 0 radical (unpaired) electrons. The van der Waals surface area contributed by atoms with E-state index >= 15 is 0 Å². The molecule has 0 bridgehead atoms. The smallest absolute Gasteiger partial charge is 0.0315 e. The summed E-state index contributed by atoms with van der Waals surface area (Å²) in [5.74, 6) is 0.741. The van der Waals surface area contributed by atoms with Crippen molar-refractivity contribution in [1.82, 2.24) is 15.2 Å². The molecule has 1 N–H and O–H groups in total. The van der Waals surface area contributed by atoms with Crippen molar-refractivity contribution in [3.05, 3.63) is 29.6 Å². The minimum Gasteiger partial charge on any atom is -0.311 e. The Balaban J connectivity index is 2.07. The van der Waals surface area contributed by atoms with Crippen LogP contribution in [0.5, 0.6) is 0 Å². The Labute approximate surface area is 123 Å². The number of aromatic nitrogens is 1. The zero-order chi connectivity index (χ0) is 14.5. The lowest BCUT2D eigenvalue weighted by molar-refractivity contribution is 0.0990. The lowest BCUT2D eigenvalue weighted by Crippen LogP contribution is -2.57. The van der Waals surface area contributed by atoms with Crippen LogP contribution in [0.2, 0.25) is 0 Å². The molecule has 112 valence electrons. The summed E-state index contributed by atoms with van der Waals surface area (Å²) in [6.45, 7) is 12.4. The molecule has 2 heterocycles. The number of pyridine rings is 1. The quantitative estimate of drug-likeness (QED) is 0.895.